The molecule has 2 aromatic rings. The van der Waals surface area contributed by atoms with Crippen LogP contribution >= 0.6 is 0 Å². The van der Waals surface area contributed by atoms with Crippen LogP contribution in [0.4, 0.5) is 5.69 Å². The Morgan fingerprint density at radius 1 is 1.19 bits per heavy atom. The van der Waals surface area contributed by atoms with Crippen molar-refractivity contribution < 1.29 is 4.74 Å². The molecule has 0 saturated heterocycles. The summed E-state index contributed by atoms with van der Waals surface area (Å²) in [5.41, 5.74) is 11.2. The highest BCUT2D eigenvalue weighted by Crippen LogP contribution is 2.25. The first-order chi connectivity index (χ1) is 12.6. The van der Waals surface area contributed by atoms with Crippen molar-refractivity contribution in [2.24, 2.45) is 10.7 Å². The number of benzene rings is 2. The zero-order chi connectivity index (χ0) is 18.5. The number of nitrogens with two attached hydrogens (primary N) is 1. The smallest absolute Gasteiger partial charge is 0.193 e. The van der Waals surface area contributed by atoms with Crippen molar-refractivity contribution in [3.8, 4) is 5.75 Å². The number of anilines is 1. The number of hydrogen-bond acceptors (Lipinski definition) is 3. The van der Waals surface area contributed by atoms with E-state index in [0.29, 0.717) is 12.5 Å². The lowest BCUT2D eigenvalue weighted by atomic mass is 10.1. The summed E-state index contributed by atoms with van der Waals surface area (Å²) in [6.45, 7) is 0.573. The minimum Gasteiger partial charge on any atom is -0.497 e. The van der Waals surface area contributed by atoms with E-state index in [0.717, 1.165) is 23.4 Å². The van der Waals surface area contributed by atoms with Crippen LogP contribution in [-0.4, -0.2) is 38.6 Å². The van der Waals surface area contributed by atoms with E-state index in [4.69, 9.17) is 10.5 Å². The first-order valence-electron chi connectivity index (χ1n) is 9.06. The fourth-order valence-electron chi connectivity index (χ4n) is 3.44. The third-order valence-electron chi connectivity index (χ3n) is 4.91. The Hall–Kier alpha value is -2.53. The topological polar surface area (TPSA) is 62.9 Å². The van der Waals surface area contributed by atoms with E-state index in [-0.39, 0.29) is 6.04 Å². The van der Waals surface area contributed by atoms with Gasteiger partial charge in [-0.25, -0.2) is 0 Å². The summed E-state index contributed by atoms with van der Waals surface area (Å²) in [6.07, 6.45) is 3.58. The summed E-state index contributed by atoms with van der Waals surface area (Å²) in [5, 5.41) is 3.22. The molecule has 5 heteroatoms. The van der Waals surface area contributed by atoms with Crippen LogP contribution in [0.5, 0.6) is 5.75 Å². The first kappa shape index (κ1) is 18.3. The van der Waals surface area contributed by atoms with Gasteiger partial charge in [-0.3, -0.25) is 4.99 Å². The number of likely N-dealkylation sites (N-methyl/N-ethyl adjacent to an activating group) is 1. The van der Waals surface area contributed by atoms with Crippen molar-refractivity contribution >= 4 is 11.6 Å². The predicted octanol–water partition coefficient (Wildman–Crippen LogP) is 3.21. The Labute approximate surface area is 155 Å². The molecular formula is C21H28N4O. The van der Waals surface area contributed by atoms with Crippen LogP contribution in [0, 0.1) is 0 Å². The number of nitrogens with zero attached hydrogens (tertiary/aromatic N) is 2. The molecule has 2 aromatic carbocycles. The fraction of sp³-hybridized carbons (Fsp3) is 0.381. The maximum Gasteiger partial charge on any atom is 0.193 e. The van der Waals surface area contributed by atoms with E-state index < -0.39 is 0 Å². The van der Waals surface area contributed by atoms with Gasteiger partial charge in [-0.2, -0.15) is 0 Å². The van der Waals surface area contributed by atoms with Gasteiger partial charge < -0.3 is 20.7 Å². The molecule has 0 aliphatic heterocycles. The van der Waals surface area contributed by atoms with E-state index in [1.54, 1.807) is 7.11 Å². The number of nitrogens with one attached hydrogen (secondary N) is 1. The summed E-state index contributed by atoms with van der Waals surface area (Å²) in [6, 6.07) is 14.7. The van der Waals surface area contributed by atoms with Crippen molar-refractivity contribution in [2.45, 2.75) is 25.3 Å². The van der Waals surface area contributed by atoms with Crippen LogP contribution in [0.15, 0.2) is 47.5 Å². The predicted molar refractivity (Wildman–Crippen MR) is 108 cm³/mol. The standard InChI is InChI=1S/C21H28N4O/c1-25(2)20(17-8-5-9-19(13-17)26-3)14-23-21(22)24-18-11-10-15-6-4-7-16(15)12-18/h5,8-13,20H,4,6-7,14H2,1-3H3,(H3,22,23,24). The highest BCUT2D eigenvalue weighted by molar-refractivity contribution is 5.92. The number of methoxy groups -OCH3 is 1. The minimum atomic E-state index is 0.130. The third-order valence-corrected chi connectivity index (χ3v) is 4.91. The lowest BCUT2D eigenvalue weighted by molar-refractivity contribution is 0.305. The summed E-state index contributed by atoms with van der Waals surface area (Å²) in [4.78, 5) is 6.71. The molecule has 0 aromatic heterocycles. The molecular weight excluding hydrogens is 324 g/mol. The highest BCUT2D eigenvalue weighted by Gasteiger charge is 2.15. The average molecular weight is 352 g/mol. The number of ether oxygens (including phenoxy) is 1. The second-order valence-corrected chi connectivity index (χ2v) is 6.94. The van der Waals surface area contributed by atoms with Gasteiger partial charge in [0, 0.05) is 5.69 Å². The molecule has 0 radical (unpaired) electrons. The van der Waals surface area contributed by atoms with Gasteiger partial charge in [-0.1, -0.05) is 18.2 Å². The van der Waals surface area contributed by atoms with E-state index in [1.165, 1.54) is 24.0 Å². The zero-order valence-electron chi connectivity index (χ0n) is 15.8. The SMILES string of the molecule is COc1cccc(C(CN=C(N)Nc2ccc3c(c2)CCC3)N(C)C)c1. The monoisotopic (exact) mass is 352 g/mol. The van der Waals surface area contributed by atoms with Crippen LogP contribution in [0.1, 0.15) is 29.2 Å². The molecule has 0 bridgehead atoms. The number of aryl methyl sites for hydroxylation is 2. The molecule has 5 nitrogen and oxygen atoms in total. The van der Waals surface area contributed by atoms with Crippen molar-refractivity contribution in [3.63, 3.8) is 0 Å². The maximum absolute atomic E-state index is 6.13. The molecule has 0 fully saturated rings. The van der Waals surface area contributed by atoms with Crippen molar-refractivity contribution in [1.29, 1.82) is 0 Å². The van der Waals surface area contributed by atoms with Gasteiger partial charge in [0.25, 0.3) is 0 Å². The van der Waals surface area contributed by atoms with E-state index in [2.05, 4.69) is 39.5 Å². The lowest BCUT2D eigenvalue weighted by Crippen LogP contribution is -2.27. The highest BCUT2D eigenvalue weighted by atomic mass is 16.5. The Balaban J connectivity index is 1.69. The zero-order valence-corrected chi connectivity index (χ0v) is 15.8. The molecule has 26 heavy (non-hydrogen) atoms. The maximum atomic E-state index is 6.13. The van der Waals surface area contributed by atoms with Crippen molar-refractivity contribution in [1.82, 2.24) is 4.90 Å². The largest absolute Gasteiger partial charge is 0.497 e. The third kappa shape index (κ3) is 4.35. The Morgan fingerprint density at radius 2 is 2.00 bits per heavy atom. The molecule has 1 unspecified atom stereocenters. The second kappa shape index (κ2) is 8.23. The Kier molecular flexibility index (Phi) is 5.78. The summed E-state index contributed by atoms with van der Waals surface area (Å²) in [5.74, 6) is 1.29. The van der Waals surface area contributed by atoms with E-state index in [9.17, 15) is 0 Å². The molecule has 1 aliphatic rings. The lowest BCUT2D eigenvalue weighted by Gasteiger charge is -2.23. The summed E-state index contributed by atoms with van der Waals surface area (Å²) >= 11 is 0. The van der Waals surface area contributed by atoms with Crippen LogP contribution in [-0.2, 0) is 12.8 Å². The van der Waals surface area contributed by atoms with Gasteiger partial charge in [-0.05, 0) is 74.3 Å². The van der Waals surface area contributed by atoms with Crippen LogP contribution < -0.4 is 15.8 Å². The number of guanidine groups is 1. The number of rotatable bonds is 6. The van der Waals surface area contributed by atoms with Crippen LogP contribution in [0.3, 0.4) is 0 Å². The quantitative estimate of drug-likeness (QED) is 0.619. The molecule has 1 atom stereocenters. The minimum absolute atomic E-state index is 0.130. The average Bonchev–Trinajstić information content (AvgIpc) is 3.09. The van der Waals surface area contributed by atoms with Crippen molar-refractivity contribution in [3.05, 3.63) is 59.2 Å². The molecule has 0 saturated carbocycles. The molecule has 1 aliphatic carbocycles. The van der Waals surface area contributed by atoms with Gasteiger partial charge in [-0.15, -0.1) is 0 Å². The Bertz CT molecular complexity index is 785. The molecule has 0 heterocycles. The number of fused-ring (bicyclic) bond motifs is 1. The van der Waals surface area contributed by atoms with Gasteiger partial charge >= 0.3 is 0 Å². The first-order valence-corrected chi connectivity index (χ1v) is 9.06. The van der Waals surface area contributed by atoms with Gasteiger partial charge in [0.15, 0.2) is 5.96 Å². The van der Waals surface area contributed by atoms with Crippen molar-refractivity contribution in [2.75, 3.05) is 33.1 Å². The Morgan fingerprint density at radius 3 is 2.77 bits per heavy atom. The van der Waals surface area contributed by atoms with Crippen LogP contribution in [0.25, 0.3) is 0 Å². The normalized spacial score (nSPS) is 15.0. The van der Waals surface area contributed by atoms with Gasteiger partial charge in [0.05, 0.1) is 19.7 Å². The van der Waals surface area contributed by atoms with Gasteiger partial charge in [0.1, 0.15) is 5.75 Å². The van der Waals surface area contributed by atoms with E-state index >= 15 is 0 Å². The van der Waals surface area contributed by atoms with E-state index in [1.807, 2.05) is 32.3 Å². The number of hydrogen-bond donors (Lipinski definition) is 2. The molecule has 3 rings (SSSR count). The van der Waals surface area contributed by atoms with Gasteiger partial charge in [0.2, 0.25) is 0 Å². The second-order valence-electron chi connectivity index (χ2n) is 6.94. The molecule has 0 spiro atoms. The van der Waals surface area contributed by atoms with Crippen LogP contribution in [0.2, 0.25) is 0 Å². The molecule has 0 amide bonds. The molecule has 3 N–H and O–H groups in total. The summed E-state index contributed by atoms with van der Waals surface area (Å²) in [7, 11) is 5.77. The fourth-order valence-corrected chi connectivity index (χ4v) is 3.44. The number of aliphatic imine (C=N–C) groups is 1. The molecule has 138 valence electrons. The summed E-state index contributed by atoms with van der Waals surface area (Å²) < 4.78 is 5.33.